The Bertz CT molecular complexity index is 565. The van der Waals surface area contributed by atoms with Gasteiger partial charge in [-0.15, -0.1) is 0 Å². The standard InChI is InChI=1S/C12H17Cl2NO5S/c1-19-6-7-20-5-4-15-21(17,18)11-3-2-10(13)9(8-16)12(11)14/h2-3,15-16H,4-8H2,1H3. The lowest BCUT2D eigenvalue weighted by Gasteiger charge is -2.11. The average molecular weight is 358 g/mol. The lowest BCUT2D eigenvalue weighted by molar-refractivity contribution is 0.0736. The van der Waals surface area contributed by atoms with Gasteiger partial charge in [0.25, 0.3) is 0 Å². The number of benzene rings is 1. The van der Waals surface area contributed by atoms with Crippen molar-refractivity contribution in [2.24, 2.45) is 0 Å². The van der Waals surface area contributed by atoms with Gasteiger partial charge in [0.05, 0.1) is 31.5 Å². The van der Waals surface area contributed by atoms with Crippen molar-refractivity contribution >= 4 is 33.2 Å². The summed E-state index contributed by atoms with van der Waals surface area (Å²) in [4.78, 5) is -0.130. The molecular weight excluding hydrogens is 341 g/mol. The van der Waals surface area contributed by atoms with Crippen molar-refractivity contribution in [2.45, 2.75) is 11.5 Å². The van der Waals surface area contributed by atoms with Crippen molar-refractivity contribution in [1.29, 1.82) is 0 Å². The molecule has 0 aromatic heterocycles. The summed E-state index contributed by atoms with van der Waals surface area (Å²) in [6, 6.07) is 2.67. The Hall–Kier alpha value is -0.410. The molecule has 0 saturated carbocycles. The first-order valence-corrected chi connectivity index (χ1v) is 8.32. The van der Waals surface area contributed by atoms with Crippen LogP contribution in [-0.2, 0) is 26.1 Å². The van der Waals surface area contributed by atoms with E-state index in [0.29, 0.717) is 13.2 Å². The number of ether oxygens (including phenoxy) is 2. The summed E-state index contributed by atoms with van der Waals surface area (Å²) in [7, 11) is -2.25. The zero-order valence-corrected chi connectivity index (χ0v) is 13.8. The molecular formula is C12H17Cl2NO5S. The molecule has 2 N–H and O–H groups in total. The van der Waals surface area contributed by atoms with Gasteiger partial charge in [0, 0.05) is 24.2 Å². The molecule has 0 amide bonds. The van der Waals surface area contributed by atoms with Crippen molar-refractivity contribution < 1.29 is 23.0 Å². The van der Waals surface area contributed by atoms with Crippen LogP contribution in [0, 0.1) is 0 Å². The minimum absolute atomic E-state index is 0.0854. The first-order valence-electron chi connectivity index (χ1n) is 6.08. The predicted octanol–water partition coefficient (Wildman–Crippen LogP) is 1.43. The van der Waals surface area contributed by atoms with E-state index in [9.17, 15) is 13.5 Å². The molecule has 1 aromatic rings. The van der Waals surface area contributed by atoms with Gasteiger partial charge in [-0.1, -0.05) is 23.2 Å². The van der Waals surface area contributed by atoms with Gasteiger partial charge >= 0.3 is 0 Å². The van der Waals surface area contributed by atoms with E-state index in [0.717, 1.165) is 0 Å². The van der Waals surface area contributed by atoms with E-state index in [1.807, 2.05) is 0 Å². The Morgan fingerprint density at radius 2 is 1.95 bits per heavy atom. The van der Waals surface area contributed by atoms with E-state index in [1.54, 1.807) is 7.11 Å². The fourth-order valence-corrected chi connectivity index (χ4v) is 3.41. The molecule has 0 bridgehead atoms. The van der Waals surface area contributed by atoms with Gasteiger partial charge in [-0.25, -0.2) is 13.1 Å². The molecule has 0 atom stereocenters. The SMILES string of the molecule is COCCOCCNS(=O)(=O)c1ccc(Cl)c(CO)c1Cl. The van der Waals surface area contributed by atoms with Crippen molar-refractivity contribution in [1.82, 2.24) is 4.72 Å². The van der Waals surface area contributed by atoms with Crippen LogP contribution in [0.1, 0.15) is 5.56 Å². The van der Waals surface area contributed by atoms with Crippen molar-refractivity contribution in [3.63, 3.8) is 0 Å². The van der Waals surface area contributed by atoms with E-state index in [2.05, 4.69) is 4.72 Å². The van der Waals surface area contributed by atoms with Crippen LogP contribution in [0.4, 0.5) is 0 Å². The summed E-state index contributed by atoms with van der Waals surface area (Å²) in [5.74, 6) is 0. The molecule has 9 heteroatoms. The van der Waals surface area contributed by atoms with Crippen LogP contribution in [0.15, 0.2) is 17.0 Å². The number of hydrogen-bond donors (Lipinski definition) is 2. The fourth-order valence-electron chi connectivity index (χ4n) is 1.50. The smallest absolute Gasteiger partial charge is 0.242 e. The topological polar surface area (TPSA) is 84.9 Å². The molecule has 21 heavy (non-hydrogen) atoms. The summed E-state index contributed by atoms with van der Waals surface area (Å²) >= 11 is 11.8. The number of aliphatic hydroxyl groups excluding tert-OH is 1. The third-order valence-electron chi connectivity index (χ3n) is 2.57. The van der Waals surface area contributed by atoms with Crippen molar-refractivity contribution in [2.75, 3.05) is 33.5 Å². The quantitative estimate of drug-likeness (QED) is 0.653. The zero-order valence-electron chi connectivity index (χ0n) is 11.4. The summed E-state index contributed by atoms with van der Waals surface area (Å²) in [5.41, 5.74) is 0.178. The molecule has 1 rings (SSSR count). The summed E-state index contributed by atoms with van der Waals surface area (Å²) in [5, 5.41) is 9.30. The van der Waals surface area contributed by atoms with Crippen molar-refractivity contribution in [3.05, 3.63) is 27.7 Å². The summed E-state index contributed by atoms with van der Waals surface area (Å²) in [6.07, 6.45) is 0. The number of methoxy groups -OCH3 is 1. The molecule has 0 radical (unpaired) electrons. The number of sulfonamides is 1. The Labute approximate surface area is 134 Å². The second kappa shape index (κ2) is 8.89. The summed E-state index contributed by atoms with van der Waals surface area (Å²) in [6.45, 7) is 0.686. The molecule has 0 saturated heterocycles. The van der Waals surface area contributed by atoms with Crippen molar-refractivity contribution in [3.8, 4) is 0 Å². The van der Waals surface area contributed by atoms with E-state index >= 15 is 0 Å². The third kappa shape index (κ3) is 5.37. The van der Waals surface area contributed by atoms with Crippen LogP contribution in [0.5, 0.6) is 0 Å². The van der Waals surface area contributed by atoms with Crippen LogP contribution < -0.4 is 4.72 Å². The van der Waals surface area contributed by atoms with Crippen LogP contribution in [-0.4, -0.2) is 47.0 Å². The highest BCUT2D eigenvalue weighted by atomic mass is 35.5. The molecule has 0 aliphatic rings. The molecule has 0 fully saturated rings. The largest absolute Gasteiger partial charge is 0.392 e. The van der Waals surface area contributed by atoms with Gasteiger partial charge in [0.15, 0.2) is 0 Å². The zero-order chi connectivity index (χ0) is 15.9. The molecule has 120 valence electrons. The predicted molar refractivity (Wildman–Crippen MR) is 80.3 cm³/mol. The van der Waals surface area contributed by atoms with Gasteiger partial charge < -0.3 is 14.6 Å². The van der Waals surface area contributed by atoms with Gasteiger partial charge in [-0.3, -0.25) is 0 Å². The molecule has 6 nitrogen and oxygen atoms in total. The maximum Gasteiger partial charge on any atom is 0.242 e. The van der Waals surface area contributed by atoms with Gasteiger partial charge in [0.1, 0.15) is 4.90 Å². The first-order chi connectivity index (χ1) is 9.94. The molecule has 0 spiro atoms. The summed E-state index contributed by atoms with van der Waals surface area (Å²) < 4.78 is 36.6. The molecule has 0 aliphatic heterocycles. The average Bonchev–Trinajstić information content (AvgIpc) is 2.43. The Morgan fingerprint density at radius 3 is 2.57 bits per heavy atom. The minimum Gasteiger partial charge on any atom is -0.392 e. The van der Waals surface area contributed by atoms with Crippen LogP contribution in [0.2, 0.25) is 10.0 Å². The second-order valence-electron chi connectivity index (χ2n) is 4.00. The Kier molecular flexibility index (Phi) is 7.89. The lowest BCUT2D eigenvalue weighted by Crippen LogP contribution is -2.28. The van der Waals surface area contributed by atoms with Gasteiger partial charge in [0.2, 0.25) is 10.0 Å². The van der Waals surface area contributed by atoms with Crippen LogP contribution in [0.3, 0.4) is 0 Å². The molecule has 1 aromatic carbocycles. The number of nitrogens with one attached hydrogen (secondary N) is 1. The first kappa shape index (κ1) is 18.6. The van der Waals surface area contributed by atoms with E-state index in [4.69, 9.17) is 32.7 Å². The van der Waals surface area contributed by atoms with Crippen LogP contribution >= 0.6 is 23.2 Å². The fraction of sp³-hybridized carbons (Fsp3) is 0.500. The van der Waals surface area contributed by atoms with E-state index in [1.165, 1.54) is 12.1 Å². The monoisotopic (exact) mass is 357 g/mol. The number of rotatable bonds is 9. The highest BCUT2D eigenvalue weighted by Gasteiger charge is 2.20. The van der Waals surface area contributed by atoms with E-state index < -0.39 is 16.6 Å². The number of hydrogen-bond acceptors (Lipinski definition) is 5. The molecule has 0 heterocycles. The lowest BCUT2D eigenvalue weighted by atomic mass is 10.2. The van der Waals surface area contributed by atoms with Crippen LogP contribution in [0.25, 0.3) is 0 Å². The minimum atomic E-state index is -3.80. The molecule has 0 aliphatic carbocycles. The third-order valence-corrected chi connectivity index (χ3v) is 4.97. The highest BCUT2D eigenvalue weighted by Crippen LogP contribution is 2.30. The second-order valence-corrected chi connectivity index (χ2v) is 6.52. The van der Waals surface area contributed by atoms with E-state index in [-0.39, 0.29) is 33.7 Å². The maximum absolute atomic E-state index is 12.1. The Morgan fingerprint density at radius 1 is 1.24 bits per heavy atom. The van der Waals surface area contributed by atoms with Gasteiger partial charge in [-0.05, 0) is 12.1 Å². The normalized spacial score (nSPS) is 11.8. The number of halogens is 2. The Balaban J connectivity index is 2.71. The maximum atomic E-state index is 12.1. The number of aliphatic hydroxyl groups is 1. The molecule has 0 unspecified atom stereocenters. The highest BCUT2D eigenvalue weighted by molar-refractivity contribution is 7.89. The van der Waals surface area contributed by atoms with Gasteiger partial charge in [-0.2, -0.15) is 0 Å².